The second-order valence-corrected chi connectivity index (χ2v) is 10.9. The molecule has 3 heterocycles. The Morgan fingerprint density at radius 2 is 1.66 bits per heavy atom. The predicted octanol–water partition coefficient (Wildman–Crippen LogP) is 5.66. The Hall–Kier alpha value is -3.45. The molecule has 2 fully saturated rings. The molecule has 1 aliphatic carbocycles. The van der Waals surface area contributed by atoms with Gasteiger partial charge in [-0.1, -0.05) is 62.1 Å². The van der Waals surface area contributed by atoms with E-state index in [2.05, 4.69) is 73.7 Å². The van der Waals surface area contributed by atoms with Crippen LogP contribution in [0.3, 0.4) is 0 Å². The maximum atomic E-state index is 12.7. The number of benzene rings is 2. The third-order valence-corrected chi connectivity index (χ3v) is 8.80. The van der Waals surface area contributed by atoms with E-state index in [1.807, 2.05) is 0 Å². The van der Waals surface area contributed by atoms with Gasteiger partial charge in [-0.2, -0.15) is 0 Å². The highest BCUT2D eigenvalue weighted by Crippen LogP contribution is 2.44. The topological polar surface area (TPSA) is 78.8 Å². The smallest absolute Gasteiger partial charge is 0.326 e. The van der Waals surface area contributed by atoms with Crippen LogP contribution in [0.4, 0.5) is 5.95 Å². The minimum absolute atomic E-state index is 0.0686. The minimum atomic E-state index is -0.0686. The SMILES string of the molecule is O=c1[nH]c2cc(C3CCN(C4(c5ccccc5)CCCCCC4)CC3)ccc2n1CCNc1ncccn1. The molecule has 0 atom stereocenters. The fourth-order valence-electron chi connectivity index (χ4n) is 6.82. The summed E-state index contributed by atoms with van der Waals surface area (Å²) in [4.78, 5) is 27.0. The fraction of sp³-hybridized carbons (Fsp3) is 0.452. The first kappa shape index (κ1) is 24.9. The monoisotopic (exact) mass is 510 g/mol. The number of nitrogens with one attached hydrogen (secondary N) is 2. The summed E-state index contributed by atoms with van der Waals surface area (Å²) in [6.07, 6.45) is 13.6. The molecule has 2 aromatic carbocycles. The third kappa shape index (κ3) is 4.99. The average Bonchev–Trinajstić information content (AvgIpc) is 3.12. The normalized spacial score (nSPS) is 18.8. The molecule has 4 aromatic rings. The van der Waals surface area contributed by atoms with Crippen LogP contribution in [0.15, 0.2) is 71.8 Å². The number of H-pyrrole nitrogens is 1. The molecule has 2 aliphatic rings. The summed E-state index contributed by atoms with van der Waals surface area (Å²) in [7, 11) is 0. The molecule has 0 amide bonds. The lowest BCUT2D eigenvalue weighted by Crippen LogP contribution is -2.49. The largest absolute Gasteiger partial charge is 0.352 e. The standard InChI is InChI=1S/C31H38N6O/c38-30-35-27-23-25(11-12-28(27)37(30)22-19-34-29-32-17-8-18-33-29)24-13-20-36(21-14-24)31(15-6-1-2-7-16-31)26-9-4-3-5-10-26/h3-5,8-12,17-18,23-24H,1-2,6-7,13-16,19-22H2,(H,35,38)(H,32,33,34). The number of aromatic nitrogens is 4. The van der Waals surface area contributed by atoms with Crippen LogP contribution in [0.1, 0.15) is 68.4 Å². The molecule has 0 spiro atoms. The number of anilines is 1. The molecule has 0 unspecified atom stereocenters. The summed E-state index contributed by atoms with van der Waals surface area (Å²) < 4.78 is 1.80. The van der Waals surface area contributed by atoms with Crippen LogP contribution in [0.25, 0.3) is 11.0 Å². The van der Waals surface area contributed by atoms with Gasteiger partial charge in [-0.3, -0.25) is 9.47 Å². The Balaban J connectivity index is 1.15. The van der Waals surface area contributed by atoms with E-state index in [9.17, 15) is 4.79 Å². The minimum Gasteiger partial charge on any atom is -0.352 e. The van der Waals surface area contributed by atoms with Crippen molar-refractivity contribution in [3.63, 3.8) is 0 Å². The average molecular weight is 511 g/mol. The van der Waals surface area contributed by atoms with Gasteiger partial charge in [-0.05, 0) is 74.0 Å². The summed E-state index contributed by atoms with van der Waals surface area (Å²) >= 11 is 0. The molecule has 1 saturated heterocycles. The molecule has 7 heteroatoms. The highest BCUT2D eigenvalue weighted by molar-refractivity contribution is 5.76. The molecule has 38 heavy (non-hydrogen) atoms. The first-order chi connectivity index (χ1) is 18.7. The van der Waals surface area contributed by atoms with E-state index in [4.69, 9.17) is 0 Å². The lowest BCUT2D eigenvalue weighted by atomic mass is 9.78. The van der Waals surface area contributed by atoms with E-state index < -0.39 is 0 Å². The highest BCUT2D eigenvalue weighted by Gasteiger charge is 2.40. The second kappa shape index (κ2) is 11.1. The van der Waals surface area contributed by atoms with Crippen LogP contribution in [0.2, 0.25) is 0 Å². The van der Waals surface area contributed by atoms with Crippen LogP contribution in [0, 0.1) is 0 Å². The van der Waals surface area contributed by atoms with Crippen molar-refractivity contribution in [2.75, 3.05) is 25.0 Å². The van der Waals surface area contributed by atoms with Gasteiger partial charge in [0.15, 0.2) is 0 Å². The zero-order valence-corrected chi connectivity index (χ0v) is 22.1. The van der Waals surface area contributed by atoms with E-state index in [0.29, 0.717) is 25.0 Å². The van der Waals surface area contributed by atoms with Crippen molar-refractivity contribution in [2.45, 2.75) is 69.4 Å². The van der Waals surface area contributed by atoms with Crippen molar-refractivity contribution in [2.24, 2.45) is 0 Å². The molecular formula is C31H38N6O. The van der Waals surface area contributed by atoms with E-state index in [0.717, 1.165) is 37.0 Å². The van der Waals surface area contributed by atoms with Crippen molar-refractivity contribution in [1.29, 1.82) is 0 Å². The van der Waals surface area contributed by atoms with Crippen molar-refractivity contribution < 1.29 is 0 Å². The fourth-order valence-corrected chi connectivity index (χ4v) is 6.82. The first-order valence-corrected chi connectivity index (χ1v) is 14.3. The number of hydrogen-bond acceptors (Lipinski definition) is 5. The highest BCUT2D eigenvalue weighted by atomic mass is 16.1. The number of rotatable bonds is 7. The number of piperidine rings is 1. The van der Waals surface area contributed by atoms with Gasteiger partial charge in [0.25, 0.3) is 0 Å². The number of likely N-dealkylation sites (tertiary alicyclic amines) is 1. The molecule has 0 radical (unpaired) electrons. The van der Waals surface area contributed by atoms with Crippen molar-refractivity contribution in [3.05, 3.63) is 88.6 Å². The van der Waals surface area contributed by atoms with Gasteiger partial charge in [-0.25, -0.2) is 14.8 Å². The summed E-state index contributed by atoms with van der Waals surface area (Å²) in [5, 5.41) is 3.19. The number of nitrogens with zero attached hydrogens (tertiary/aromatic N) is 4. The summed E-state index contributed by atoms with van der Waals surface area (Å²) in [6.45, 7) is 3.39. The Morgan fingerprint density at radius 3 is 2.39 bits per heavy atom. The number of imidazole rings is 1. The Labute approximate surface area is 224 Å². The Morgan fingerprint density at radius 1 is 0.921 bits per heavy atom. The zero-order chi connectivity index (χ0) is 25.8. The molecule has 1 saturated carbocycles. The van der Waals surface area contributed by atoms with Gasteiger partial charge in [0.2, 0.25) is 5.95 Å². The van der Waals surface area contributed by atoms with E-state index in [1.165, 1.54) is 49.7 Å². The molecule has 2 N–H and O–H groups in total. The molecule has 0 bridgehead atoms. The van der Waals surface area contributed by atoms with Gasteiger partial charge >= 0.3 is 5.69 Å². The van der Waals surface area contributed by atoms with E-state index in [-0.39, 0.29) is 11.2 Å². The number of aromatic amines is 1. The maximum absolute atomic E-state index is 12.7. The lowest BCUT2D eigenvalue weighted by molar-refractivity contribution is 0.0434. The third-order valence-electron chi connectivity index (χ3n) is 8.80. The maximum Gasteiger partial charge on any atom is 0.326 e. The van der Waals surface area contributed by atoms with Crippen LogP contribution >= 0.6 is 0 Å². The molecule has 1 aliphatic heterocycles. The van der Waals surface area contributed by atoms with Gasteiger partial charge < -0.3 is 10.3 Å². The Bertz CT molecular complexity index is 1380. The van der Waals surface area contributed by atoms with Gasteiger partial charge in [-0.15, -0.1) is 0 Å². The molecule has 198 valence electrons. The summed E-state index contributed by atoms with van der Waals surface area (Å²) in [5.74, 6) is 1.10. The zero-order valence-electron chi connectivity index (χ0n) is 22.1. The molecule has 2 aromatic heterocycles. The molecule has 7 nitrogen and oxygen atoms in total. The van der Waals surface area contributed by atoms with Crippen LogP contribution in [0.5, 0.6) is 0 Å². The van der Waals surface area contributed by atoms with E-state index >= 15 is 0 Å². The number of fused-ring (bicyclic) bond motifs is 1. The van der Waals surface area contributed by atoms with E-state index in [1.54, 1.807) is 23.0 Å². The van der Waals surface area contributed by atoms with Gasteiger partial charge in [0.05, 0.1) is 11.0 Å². The van der Waals surface area contributed by atoms with Gasteiger partial charge in [0.1, 0.15) is 0 Å². The molecule has 6 rings (SSSR count). The summed E-state index contributed by atoms with van der Waals surface area (Å²) in [6, 6.07) is 19.6. The van der Waals surface area contributed by atoms with Crippen molar-refractivity contribution in [1.82, 2.24) is 24.4 Å². The molecular weight excluding hydrogens is 472 g/mol. The van der Waals surface area contributed by atoms with Crippen molar-refractivity contribution >= 4 is 17.0 Å². The van der Waals surface area contributed by atoms with Crippen LogP contribution in [-0.2, 0) is 12.1 Å². The van der Waals surface area contributed by atoms with Crippen LogP contribution in [-0.4, -0.2) is 44.1 Å². The number of hydrogen-bond donors (Lipinski definition) is 2. The quantitative estimate of drug-likeness (QED) is 0.314. The van der Waals surface area contributed by atoms with Gasteiger partial charge in [0, 0.05) is 31.0 Å². The van der Waals surface area contributed by atoms with Crippen molar-refractivity contribution in [3.8, 4) is 0 Å². The predicted molar refractivity (Wildman–Crippen MR) is 152 cm³/mol. The second-order valence-electron chi connectivity index (χ2n) is 10.9. The summed E-state index contributed by atoms with van der Waals surface area (Å²) in [5.41, 5.74) is 4.85. The first-order valence-electron chi connectivity index (χ1n) is 14.3. The Kier molecular flexibility index (Phi) is 7.27. The van der Waals surface area contributed by atoms with Crippen LogP contribution < -0.4 is 11.0 Å². The lowest BCUT2D eigenvalue weighted by Gasteiger charge is -2.48.